The molecule has 0 saturated carbocycles. The molecule has 3 N–H and O–H groups in total. The van der Waals surface area contributed by atoms with Gasteiger partial charge in [0.15, 0.2) is 0 Å². The van der Waals surface area contributed by atoms with E-state index in [1.165, 1.54) is 0 Å². The third kappa shape index (κ3) is 3.20. The molecule has 88 valence electrons. The minimum atomic E-state index is -1.09. The van der Waals surface area contributed by atoms with E-state index in [2.05, 4.69) is 0 Å². The summed E-state index contributed by atoms with van der Waals surface area (Å²) in [5, 5.41) is 10.4. The quantitative estimate of drug-likeness (QED) is 0.781. The smallest absolute Gasteiger partial charge is 0.325 e. The predicted molar refractivity (Wildman–Crippen MR) is 61.0 cm³/mol. The first-order valence-corrected chi connectivity index (χ1v) is 5.29. The van der Waals surface area contributed by atoms with Crippen LogP contribution in [0.2, 0.25) is 5.02 Å². The zero-order valence-corrected chi connectivity index (χ0v) is 9.65. The second-order valence-electron chi connectivity index (χ2n) is 3.27. The van der Waals surface area contributed by atoms with Crippen LogP contribution in [-0.2, 0) is 9.53 Å². The van der Waals surface area contributed by atoms with Gasteiger partial charge in [0.1, 0.15) is 12.1 Å². The van der Waals surface area contributed by atoms with Crippen LogP contribution in [0, 0.1) is 0 Å². The Labute approximate surface area is 99.0 Å². The van der Waals surface area contributed by atoms with E-state index in [1.807, 2.05) is 0 Å². The first-order valence-electron chi connectivity index (χ1n) is 4.92. The molecule has 1 rings (SSSR count). The van der Waals surface area contributed by atoms with Gasteiger partial charge < -0.3 is 15.6 Å². The third-order valence-electron chi connectivity index (χ3n) is 2.11. The molecule has 0 aliphatic carbocycles. The summed E-state index contributed by atoms with van der Waals surface area (Å²) < 4.78 is 4.72. The van der Waals surface area contributed by atoms with E-state index in [-0.39, 0.29) is 6.61 Å². The average Bonchev–Trinajstić information content (AvgIpc) is 2.28. The molecule has 0 amide bonds. The van der Waals surface area contributed by atoms with Crippen LogP contribution in [-0.4, -0.2) is 23.7 Å². The Morgan fingerprint density at radius 2 is 2.06 bits per heavy atom. The average molecular weight is 244 g/mol. The summed E-state index contributed by atoms with van der Waals surface area (Å²) in [6.07, 6.45) is -1.09. The van der Waals surface area contributed by atoms with E-state index in [1.54, 1.807) is 31.2 Å². The number of carbonyl (C=O) groups excluding carboxylic acids is 1. The molecule has 0 fully saturated rings. The van der Waals surface area contributed by atoms with Crippen LogP contribution in [0.3, 0.4) is 0 Å². The van der Waals surface area contributed by atoms with E-state index in [9.17, 15) is 9.90 Å². The highest BCUT2D eigenvalue weighted by molar-refractivity contribution is 6.30. The fourth-order valence-electron chi connectivity index (χ4n) is 1.23. The molecule has 16 heavy (non-hydrogen) atoms. The second kappa shape index (κ2) is 5.84. The Balaban J connectivity index is 2.73. The highest BCUT2D eigenvalue weighted by Gasteiger charge is 2.25. The van der Waals surface area contributed by atoms with E-state index < -0.39 is 18.1 Å². The molecule has 0 spiro atoms. The molecule has 0 bridgehead atoms. The molecule has 5 heteroatoms. The summed E-state index contributed by atoms with van der Waals surface area (Å²) in [6.45, 7) is 1.92. The van der Waals surface area contributed by atoms with Gasteiger partial charge >= 0.3 is 5.97 Å². The van der Waals surface area contributed by atoms with Crippen molar-refractivity contribution in [3.63, 3.8) is 0 Å². The summed E-state index contributed by atoms with van der Waals surface area (Å²) in [7, 11) is 0. The molecule has 1 aromatic rings. The van der Waals surface area contributed by atoms with Crippen LogP contribution < -0.4 is 5.73 Å². The van der Waals surface area contributed by atoms with Gasteiger partial charge in [0, 0.05) is 5.02 Å². The van der Waals surface area contributed by atoms with Gasteiger partial charge in [-0.25, -0.2) is 0 Å². The normalized spacial score (nSPS) is 14.2. The largest absolute Gasteiger partial charge is 0.465 e. The van der Waals surface area contributed by atoms with Gasteiger partial charge in [-0.05, 0) is 24.6 Å². The second-order valence-corrected chi connectivity index (χ2v) is 3.71. The first kappa shape index (κ1) is 13.0. The summed E-state index contributed by atoms with van der Waals surface area (Å²) in [4.78, 5) is 11.3. The molecule has 4 nitrogen and oxygen atoms in total. The van der Waals surface area contributed by atoms with Crippen molar-refractivity contribution in [2.24, 2.45) is 5.73 Å². The Morgan fingerprint density at radius 3 is 2.56 bits per heavy atom. The maximum absolute atomic E-state index is 11.3. The number of rotatable bonds is 4. The summed E-state index contributed by atoms with van der Waals surface area (Å²) in [5.41, 5.74) is 6.09. The van der Waals surface area contributed by atoms with E-state index in [0.717, 1.165) is 0 Å². The molecular formula is C11H14ClNO3. The molecule has 0 aliphatic rings. The molecular weight excluding hydrogens is 230 g/mol. The lowest BCUT2D eigenvalue weighted by Gasteiger charge is -2.17. The highest BCUT2D eigenvalue weighted by atomic mass is 35.5. The molecule has 0 unspecified atom stereocenters. The van der Waals surface area contributed by atoms with Gasteiger partial charge in [-0.3, -0.25) is 4.79 Å². The van der Waals surface area contributed by atoms with Crippen LogP contribution in [0.5, 0.6) is 0 Å². The maximum Gasteiger partial charge on any atom is 0.325 e. The molecule has 0 aliphatic heterocycles. The fourth-order valence-corrected chi connectivity index (χ4v) is 1.36. The van der Waals surface area contributed by atoms with Crippen molar-refractivity contribution >= 4 is 17.6 Å². The number of benzene rings is 1. The molecule has 0 aromatic heterocycles. The molecule has 0 radical (unpaired) electrons. The van der Waals surface area contributed by atoms with Crippen molar-refractivity contribution in [3.8, 4) is 0 Å². The first-order chi connectivity index (χ1) is 7.56. The van der Waals surface area contributed by atoms with Crippen molar-refractivity contribution in [2.75, 3.05) is 6.61 Å². The van der Waals surface area contributed by atoms with E-state index in [4.69, 9.17) is 22.1 Å². The van der Waals surface area contributed by atoms with Crippen LogP contribution in [0.25, 0.3) is 0 Å². The molecule has 1 aromatic carbocycles. The minimum Gasteiger partial charge on any atom is -0.465 e. The number of hydrogen-bond donors (Lipinski definition) is 2. The predicted octanol–water partition coefficient (Wildman–Crippen LogP) is 1.26. The summed E-state index contributed by atoms with van der Waals surface area (Å²) >= 11 is 5.70. The van der Waals surface area contributed by atoms with E-state index >= 15 is 0 Å². The Kier molecular flexibility index (Phi) is 4.73. The fraction of sp³-hybridized carbons (Fsp3) is 0.364. The summed E-state index contributed by atoms with van der Waals surface area (Å²) in [5.74, 6) is -0.620. The number of aliphatic hydroxyl groups excluding tert-OH is 1. The Morgan fingerprint density at radius 1 is 1.50 bits per heavy atom. The van der Waals surface area contributed by atoms with Gasteiger partial charge in [-0.15, -0.1) is 0 Å². The zero-order chi connectivity index (χ0) is 12.1. The summed E-state index contributed by atoms with van der Waals surface area (Å²) in [6, 6.07) is 5.40. The van der Waals surface area contributed by atoms with Crippen LogP contribution in [0.1, 0.15) is 18.6 Å². The molecule has 0 heterocycles. The number of halogens is 1. The Hall–Kier alpha value is -1.10. The number of carbonyl (C=O) groups is 1. The lowest BCUT2D eigenvalue weighted by Crippen LogP contribution is -2.38. The lowest BCUT2D eigenvalue weighted by atomic mass is 10.0. The van der Waals surface area contributed by atoms with Crippen molar-refractivity contribution < 1.29 is 14.6 Å². The number of esters is 1. The van der Waals surface area contributed by atoms with Gasteiger partial charge in [0.2, 0.25) is 0 Å². The van der Waals surface area contributed by atoms with Gasteiger partial charge in [-0.1, -0.05) is 23.7 Å². The van der Waals surface area contributed by atoms with Gasteiger partial charge in [0.25, 0.3) is 0 Å². The number of hydrogen-bond acceptors (Lipinski definition) is 4. The van der Waals surface area contributed by atoms with Gasteiger partial charge in [0.05, 0.1) is 6.61 Å². The van der Waals surface area contributed by atoms with Gasteiger partial charge in [-0.2, -0.15) is 0 Å². The van der Waals surface area contributed by atoms with Crippen molar-refractivity contribution in [3.05, 3.63) is 34.9 Å². The highest BCUT2D eigenvalue weighted by Crippen LogP contribution is 2.19. The monoisotopic (exact) mass is 243 g/mol. The van der Waals surface area contributed by atoms with Crippen molar-refractivity contribution in [1.29, 1.82) is 0 Å². The Bertz CT molecular complexity index is 353. The van der Waals surface area contributed by atoms with Crippen molar-refractivity contribution in [2.45, 2.75) is 19.1 Å². The number of ether oxygens (including phenoxy) is 1. The molecule has 0 saturated heterocycles. The van der Waals surface area contributed by atoms with Crippen molar-refractivity contribution in [1.82, 2.24) is 0 Å². The number of nitrogens with two attached hydrogens (primary N) is 1. The number of aliphatic hydroxyl groups is 1. The van der Waals surface area contributed by atoms with Crippen LogP contribution >= 0.6 is 11.6 Å². The van der Waals surface area contributed by atoms with E-state index in [0.29, 0.717) is 10.6 Å². The lowest BCUT2D eigenvalue weighted by molar-refractivity contribution is -0.147. The zero-order valence-electron chi connectivity index (χ0n) is 8.89. The molecule has 2 atom stereocenters. The van der Waals surface area contributed by atoms with Crippen LogP contribution in [0.4, 0.5) is 0 Å². The third-order valence-corrected chi connectivity index (χ3v) is 2.36. The maximum atomic E-state index is 11.3. The SMILES string of the molecule is CCOC(=O)[C@@H](N)[C@H](O)c1ccc(Cl)cc1. The topological polar surface area (TPSA) is 72.5 Å². The van der Waals surface area contributed by atoms with Crippen LogP contribution in [0.15, 0.2) is 24.3 Å². The minimum absolute atomic E-state index is 0.236. The standard InChI is InChI=1S/C11H14ClNO3/c1-2-16-11(15)9(13)10(14)7-3-5-8(12)6-4-7/h3-6,9-10,14H,2,13H2,1H3/t9-,10+/m0/s1.